The van der Waals surface area contributed by atoms with Crippen LogP contribution in [-0.2, 0) is 9.59 Å². The number of phenols is 1. The molecule has 21 heavy (non-hydrogen) atoms. The number of aromatic hydroxyl groups is 1. The van der Waals surface area contributed by atoms with E-state index in [4.69, 9.17) is 0 Å². The number of benzene rings is 1. The second kappa shape index (κ2) is 4.68. The lowest BCUT2D eigenvalue weighted by atomic mass is 10.1. The van der Waals surface area contributed by atoms with E-state index in [1.54, 1.807) is 6.07 Å². The van der Waals surface area contributed by atoms with Gasteiger partial charge in [-0.25, -0.2) is 8.78 Å². The molecule has 1 unspecified atom stereocenters. The van der Waals surface area contributed by atoms with E-state index in [1.165, 1.54) is 18.2 Å². The third-order valence-corrected chi connectivity index (χ3v) is 3.84. The number of hydrogen-bond donors (Lipinski definition) is 2. The first-order valence-electron chi connectivity index (χ1n) is 6.62. The fourth-order valence-corrected chi connectivity index (χ4v) is 2.93. The highest BCUT2D eigenvalue weighted by molar-refractivity contribution is 5.91. The molecule has 2 aliphatic heterocycles. The summed E-state index contributed by atoms with van der Waals surface area (Å²) in [6.45, 7) is -0.666. The SMILES string of the molecule is O=C1C[C@@H]2CC(F)(F)CN2C(=O)C(c2cccc(O)c2)N1. The number of rotatable bonds is 1. The second-order valence-electron chi connectivity index (χ2n) is 5.48. The first kappa shape index (κ1) is 13.8. The molecule has 0 saturated carbocycles. The Hall–Kier alpha value is -2.18. The van der Waals surface area contributed by atoms with Gasteiger partial charge in [0.2, 0.25) is 11.8 Å². The molecule has 2 saturated heterocycles. The highest BCUT2D eigenvalue weighted by Crippen LogP contribution is 2.37. The highest BCUT2D eigenvalue weighted by atomic mass is 19.3. The van der Waals surface area contributed by atoms with Crippen LogP contribution in [0.2, 0.25) is 0 Å². The summed E-state index contributed by atoms with van der Waals surface area (Å²) in [4.78, 5) is 25.4. The van der Waals surface area contributed by atoms with E-state index in [-0.39, 0.29) is 12.2 Å². The largest absolute Gasteiger partial charge is 0.508 e. The van der Waals surface area contributed by atoms with Gasteiger partial charge in [-0.1, -0.05) is 12.1 Å². The summed E-state index contributed by atoms with van der Waals surface area (Å²) in [5.74, 6) is -4.01. The van der Waals surface area contributed by atoms with Crippen molar-refractivity contribution in [3.63, 3.8) is 0 Å². The van der Waals surface area contributed by atoms with Gasteiger partial charge in [-0.05, 0) is 17.7 Å². The topological polar surface area (TPSA) is 69.6 Å². The highest BCUT2D eigenvalue weighted by Gasteiger charge is 2.50. The van der Waals surface area contributed by atoms with Gasteiger partial charge in [0, 0.05) is 18.9 Å². The van der Waals surface area contributed by atoms with Gasteiger partial charge < -0.3 is 15.3 Å². The summed E-state index contributed by atoms with van der Waals surface area (Å²) in [5.41, 5.74) is 0.379. The molecule has 2 amide bonds. The van der Waals surface area contributed by atoms with Gasteiger partial charge in [-0.15, -0.1) is 0 Å². The van der Waals surface area contributed by atoms with Crippen LogP contribution >= 0.6 is 0 Å². The summed E-state index contributed by atoms with van der Waals surface area (Å²) in [7, 11) is 0. The zero-order valence-electron chi connectivity index (χ0n) is 11.1. The molecule has 0 radical (unpaired) electrons. The Morgan fingerprint density at radius 3 is 2.81 bits per heavy atom. The first-order valence-corrected chi connectivity index (χ1v) is 6.62. The van der Waals surface area contributed by atoms with Crippen LogP contribution in [0.3, 0.4) is 0 Å². The van der Waals surface area contributed by atoms with Crippen molar-refractivity contribution in [2.45, 2.75) is 30.8 Å². The molecule has 112 valence electrons. The monoisotopic (exact) mass is 296 g/mol. The van der Waals surface area contributed by atoms with Crippen molar-refractivity contribution in [2.75, 3.05) is 6.54 Å². The van der Waals surface area contributed by atoms with Gasteiger partial charge in [0.05, 0.1) is 6.54 Å². The molecular weight excluding hydrogens is 282 g/mol. The zero-order valence-corrected chi connectivity index (χ0v) is 11.1. The van der Waals surface area contributed by atoms with E-state index >= 15 is 0 Å². The second-order valence-corrected chi connectivity index (χ2v) is 5.48. The molecule has 2 atom stereocenters. The molecule has 2 aliphatic rings. The summed E-state index contributed by atoms with van der Waals surface area (Å²) < 4.78 is 27.0. The lowest BCUT2D eigenvalue weighted by molar-refractivity contribution is -0.135. The molecule has 5 nitrogen and oxygen atoms in total. The fourth-order valence-electron chi connectivity index (χ4n) is 2.93. The predicted molar refractivity (Wildman–Crippen MR) is 68.7 cm³/mol. The van der Waals surface area contributed by atoms with Gasteiger partial charge in [-0.3, -0.25) is 9.59 Å². The molecule has 0 bridgehead atoms. The van der Waals surface area contributed by atoms with Crippen LogP contribution in [0, 0.1) is 0 Å². The number of alkyl halides is 2. The Morgan fingerprint density at radius 2 is 2.10 bits per heavy atom. The van der Waals surface area contributed by atoms with Crippen molar-refractivity contribution in [1.82, 2.24) is 10.2 Å². The van der Waals surface area contributed by atoms with Crippen molar-refractivity contribution >= 4 is 11.8 Å². The number of carbonyl (C=O) groups excluding carboxylic acids is 2. The standard InChI is InChI=1S/C14H14F2N2O3/c15-14(16)6-9-5-11(20)17-12(13(21)18(9)7-14)8-2-1-3-10(19)4-8/h1-4,9,12,19H,5-7H2,(H,17,20)/t9-,12?/m1/s1. The summed E-state index contributed by atoms with van der Waals surface area (Å²) in [6.07, 6.45) is -0.616. The van der Waals surface area contributed by atoms with E-state index in [9.17, 15) is 23.5 Å². The zero-order chi connectivity index (χ0) is 15.2. The van der Waals surface area contributed by atoms with Gasteiger partial charge in [0.1, 0.15) is 11.8 Å². The molecule has 0 spiro atoms. The summed E-state index contributed by atoms with van der Waals surface area (Å²) >= 11 is 0. The number of nitrogens with zero attached hydrogens (tertiary/aromatic N) is 1. The molecule has 2 N–H and O–H groups in total. The Kier molecular flexibility index (Phi) is 3.07. The normalized spacial score (nSPS) is 28.0. The van der Waals surface area contributed by atoms with Crippen LogP contribution in [0.15, 0.2) is 24.3 Å². The van der Waals surface area contributed by atoms with Crippen molar-refractivity contribution in [1.29, 1.82) is 0 Å². The van der Waals surface area contributed by atoms with Gasteiger partial charge in [0.25, 0.3) is 5.92 Å². The third kappa shape index (κ3) is 2.55. The lowest BCUT2D eigenvalue weighted by Crippen LogP contribution is -2.40. The average molecular weight is 296 g/mol. The fraction of sp³-hybridized carbons (Fsp3) is 0.429. The van der Waals surface area contributed by atoms with Crippen molar-refractivity contribution in [2.24, 2.45) is 0 Å². The Balaban J connectivity index is 1.95. The van der Waals surface area contributed by atoms with Crippen molar-refractivity contribution in [3.8, 4) is 5.75 Å². The molecule has 2 heterocycles. The number of carbonyl (C=O) groups is 2. The molecule has 1 aromatic carbocycles. The van der Waals surface area contributed by atoms with Crippen molar-refractivity contribution < 1.29 is 23.5 Å². The van der Waals surface area contributed by atoms with E-state index in [1.807, 2.05) is 0 Å². The van der Waals surface area contributed by atoms with Gasteiger partial charge >= 0.3 is 0 Å². The van der Waals surface area contributed by atoms with Crippen LogP contribution in [0.1, 0.15) is 24.4 Å². The molecule has 0 aliphatic carbocycles. The lowest BCUT2D eigenvalue weighted by Gasteiger charge is -2.24. The number of nitrogens with one attached hydrogen (secondary N) is 1. The first-order chi connectivity index (χ1) is 9.85. The maximum Gasteiger partial charge on any atom is 0.267 e. The number of phenolic OH excluding ortho intramolecular Hbond substituents is 1. The van der Waals surface area contributed by atoms with Gasteiger partial charge in [0.15, 0.2) is 0 Å². The number of amides is 2. The van der Waals surface area contributed by atoms with Crippen LogP contribution in [-0.4, -0.2) is 40.3 Å². The number of fused-ring (bicyclic) bond motifs is 1. The average Bonchev–Trinajstić information content (AvgIpc) is 2.64. The minimum absolute atomic E-state index is 0.0536. The van der Waals surface area contributed by atoms with E-state index in [0.29, 0.717) is 5.56 Å². The quantitative estimate of drug-likeness (QED) is 0.818. The minimum atomic E-state index is -2.96. The van der Waals surface area contributed by atoms with Crippen LogP contribution in [0.5, 0.6) is 5.75 Å². The van der Waals surface area contributed by atoms with Crippen LogP contribution < -0.4 is 5.32 Å². The minimum Gasteiger partial charge on any atom is -0.508 e. The molecule has 0 aromatic heterocycles. The Labute approximate surface area is 119 Å². The maximum absolute atomic E-state index is 13.5. The van der Waals surface area contributed by atoms with Crippen LogP contribution in [0.4, 0.5) is 8.78 Å². The van der Waals surface area contributed by atoms with E-state index in [0.717, 1.165) is 4.90 Å². The summed E-state index contributed by atoms with van der Waals surface area (Å²) in [5, 5.41) is 12.0. The Morgan fingerprint density at radius 1 is 1.33 bits per heavy atom. The smallest absolute Gasteiger partial charge is 0.267 e. The molecule has 2 fully saturated rings. The summed E-state index contributed by atoms with van der Waals surface area (Å²) in [6, 6.07) is 4.07. The predicted octanol–water partition coefficient (Wildman–Crippen LogP) is 1.19. The molecule has 3 rings (SSSR count). The Bertz CT molecular complexity index is 606. The van der Waals surface area contributed by atoms with Gasteiger partial charge in [-0.2, -0.15) is 0 Å². The van der Waals surface area contributed by atoms with Crippen molar-refractivity contribution in [3.05, 3.63) is 29.8 Å². The van der Waals surface area contributed by atoms with E-state index < -0.39 is 42.8 Å². The van der Waals surface area contributed by atoms with E-state index in [2.05, 4.69) is 5.32 Å². The molecular formula is C14H14F2N2O3. The molecule has 1 aromatic rings. The maximum atomic E-state index is 13.5. The number of hydrogen-bond acceptors (Lipinski definition) is 3. The number of halogens is 2. The third-order valence-electron chi connectivity index (χ3n) is 3.84. The molecule has 7 heteroatoms. The van der Waals surface area contributed by atoms with Crippen LogP contribution in [0.25, 0.3) is 0 Å².